The summed E-state index contributed by atoms with van der Waals surface area (Å²) in [5, 5.41) is 0. The van der Waals surface area contributed by atoms with Crippen LogP contribution < -0.4 is 0 Å². The lowest BCUT2D eigenvalue weighted by atomic mass is 9.86. The van der Waals surface area contributed by atoms with Gasteiger partial charge in [0, 0.05) is 5.41 Å². The molecule has 1 atom stereocenters. The Morgan fingerprint density at radius 3 is 2.26 bits per heavy atom. The fraction of sp³-hybridized carbons (Fsp3) is 0.556. The number of carbonyl (C=O) groups excluding carboxylic acids is 2. The minimum absolute atomic E-state index is 0.130. The van der Waals surface area contributed by atoms with Crippen LogP contribution >= 0.6 is 7.60 Å². The maximum atomic E-state index is 14.4. The summed E-state index contributed by atoms with van der Waals surface area (Å²) in [7, 11) is -3.67. The quantitative estimate of drug-likeness (QED) is 0.257. The highest BCUT2D eigenvalue weighted by atomic mass is 31.2. The molecule has 8 heteroatoms. The first-order chi connectivity index (χ1) is 16.7. The summed E-state index contributed by atoms with van der Waals surface area (Å²) < 4.78 is 37.1. The fourth-order valence-corrected chi connectivity index (χ4v) is 7.66. The highest BCUT2D eigenvalue weighted by molar-refractivity contribution is 7.54. The van der Waals surface area contributed by atoms with E-state index >= 15 is 0 Å². The number of hydrogen-bond acceptors (Lipinski definition) is 7. The second kappa shape index (κ2) is 10.4. The standard InChI is InChI=1S/C27H35O7P/c1-5-31-25(28)23(26(29)32-6-2)22-19-14-10-11-15-20(19)24(21(22)18-12-8-7-9-13-18)35(30)33-16-27(3,4)17-34-35/h10-12,14-15,23-24H,5-9,13,16-17H2,1-4H3. The average Bonchev–Trinajstić information content (AvgIpc) is 3.18. The number of benzene rings is 1. The van der Waals surface area contributed by atoms with Crippen LogP contribution in [0.3, 0.4) is 0 Å². The third kappa shape index (κ3) is 5.04. The van der Waals surface area contributed by atoms with Gasteiger partial charge >= 0.3 is 19.5 Å². The first kappa shape index (κ1) is 25.9. The fourth-order valence-electron chi connectivity index (χ4n) is 5.04. The van der Waals surface area contributed by atoms with Gasteiger partial charge in [-0.3, -0.25) is 14.2 Å². The van der Waals surface area contributed by atoms with E-state index in [1.54, 1.807) is 13.8 Å². The van der Waals surface area contributed by atoms with Gasteiger partial charge in [-0.25, -0.2) is 0 Å². The highest BCUT2D eigenvalue weighted by Gasteiger charge is 2.53. The summed E-state index contributed by atoms with van der Waals surface area (Å²) in [6.07, 6.45) is 5.78. The number of rotatable bonds is 7. The Morgan fingerprint density at radius 1 is 1.06 bits per heavy atom. The molecule has 1 aromatic carbocycles. The zero-order valence-corrected chi connectivity index (χ0v) is 21.9. The van der Waals surface area contributed by atoms with Gasteiger partial charge in [0.25, 0.3) is 0 Å². The number of carbonyl (C=O) groups is 2. The molecule has 3 aliphatic rings. The molecule has 0 spiro atoms. The Bertz CT molecular complexity index is 1070. The Morgan fingerprint density at radius 2 is 1.69 bits per heavy atom. The molecule has 190 valence electrons. The van der Waals surface area contributed by atoms with Gasteiger partial charge in [-0.1, -0.05) is 44.2 Å². The molecule has 0 radical (unpaired) electrons. The lowest BCUT2D eigenvalue weighted by Crippen LogP contribution is -2.31. The molecule has 0 N–H and O–H groups in total. The molecule has 1 fully saturated rings. The van der Waals surface area contributed by atoms with E-state index in [1.165, 1.54) is 0 Å². The van der Waals surface area contributed by atoms with Crippen LogP contribution in [0.15, 0.2) is 41.5 Å². The van der Waals surface area contributed by atoms with Crippen LogP contribution in [0.25, 0.3) is 5.57 Å². The molecule has 4 rings (SSSR count). The van der Waals surface area contributed by atoms with Crippen molar-refractivity contribution in [2.45, 2.75) is 59.0 Å². The smallest absolute Gasteiger partial charge is 0.342 e. The van der Waals surface area contributed by atoms with Crippen molar-refractivity contribution in [1.29, 1.82) is 0 Å². The molecule has 0 bridgehead atoms. The number of allylic oxidation sites excluding steroid dienone is 3. The Labute approximate surface area is 207 Å². The molecule has 1 aliphatic heterocycles. The van der Waals surface area contributed by atoms with Crippen molar-refractivity contribution in [2.24, 2.45) is 11.3 Å². The predicted octanol–water partition coefficient (Wildman–Crippen LogP) is 6.00. The van der Waals surface area contributed by atoms with Crippen LogP contribution in [-0.4, -0.2) is 38.4 Å². The molecule has 0 saturated carbocycles. The average molecular weight is 503 g/mol. The van der Waals surface area contributed by atoms with Gasteiger partial charge < -0.3 is 18.5 Å². The molecule has 1 aromatic rings. The van der Waals surface area contributed by atoms with Gasteiger partial charge in [0.05, 0.1) is 26.4 Å². The van der Waals surface area contributed by atoms with Crippen LogP contribution in [0.4, 0.5) is 0 Å². The Balaban J connectivity index is 1.96. The number of fused-ring (bicyclic) bond motifs is 1. The van der Waals surface area contributed by atoms with Gasteiger partial charge in [-0.15, -0.1) is 0 Å². The van der Waals surface area contributed by atoms with Crippen LogP contribution in [0.1, 0.15) is 70.2 Å². The van der Waals surface area contributed by atoms with Crippen molar-refractivity contribution in [3.8, 4) is 0 Å². The van der Waals surface area contributed by atoms with Gasteiger partial charge in [-0.05, 0) is 67.4 Å². The summed E-state index contributed by atoms with van der Waals surface area (Å²) in [5.74, 6) is -2.63. The lowest BCUT2D eigenvalue weighted by molar-refractivity contribution is -0.158. The summed E-state index contributed by atoms with van der Waals surface area (Å²) >= 11 is 0. The summed E-state index contributed by atoms with van der Waals surface area (Å²) in [4.78, 5) is 26.4. The second-order valence-corrected chi connectivity index (χ2v) is 12.1. The van der Waals surface area contributed by atoms with Crippen molar-refractivity contribution < 1.29 is 32.7 Å². The maximum Gasteiger partial charge on any atom is 0.342 e. The molecule has 1 saturated heterocycles. The minimum Gasteiger partial charge on any atom is -0.465 e. The number of esters is 2. The normalized spacial score (nSPS) is 23.0. The molecule has 1 unspecified atom stereocenters. The summed E-state index contributed by atoms with van der Waals surface area (Å²) in [5.41, 5.74) is 2.63. The van der Waals surface area contributed by atoms with Gasteiger partial charge in [0.2, 0.25) is 0 Å². The van der Waals surface area contributed by atoms with Crippen LogP contribution in [0.2, 0.25) is 0 Å². The Hall–Kier alpha value is -2.21. The van der Waals surface area contributed by atoms with Gasteiger partial charge in [0.1, 0.15) is 5.66 Å². The molecule has 0 aromatic heterocycles. The highest BCUT2D eigenvalue weighted by Crippen LogP contribution is 2.71. The summed E-state index contributed by atoms with van der Waals surface area (Å²) in [6, 6.07) is 7.46. The minimum atomic E-state index is -3.67. The molecule has 1 heterocycles. The molecule has 2 aliphatic carbocycles. The zero-order valence-electron chi connectivity index (χ0n) is 21.0. The number of ether oxygens (including phenoxy) is 2. The van der Waals surface area contributed by atoms with E-state index in [0.717, 1.165) is 36.8 Å². The van der Waals surface area contributed by atoms with E-state index in [0.29, 0.717) is 29.9 Å². The van der Waals surface area contributed by atoms with E-state index < -0.39 is 31.1 Å². The van der Waals surface area contributed by atoms with E-state index in [4.69, 9.17) is 18.5 Å². The predicted molar refractivity (Wildman–Crippen MR) is 133 cm³/mol. The first-order valence-corrected chi connectivity index (χ1v) is 14.1. The third-order valence-corrected chi connectivity index (χ3v) is 8.81. The van der Waals surface area contributed by atoms with Gasteiger partial charge in [-0.2, -0.15) is 0 Å². The maximum absolute atomic E-state index is 14.4. The van der Waals surface area contributed by atoms with Crippen LogP contribution in [-0.2, 0) is 32.7 Å². The van der Waals surface area contributed by atoms with Crippen molar-refractivity contribution in [3.05, 3.63) is 52.6 Å². The van der Waals surface area contributed by atoms with E-state index in [1.807, 2.05) is 38.1 Å². The summed E-state index contributed by atoms with van der Waals surface area (Å²) in [6.45, 7) is 8.26. The second-order valence-electron chi connectivity index (χ2n) is 9.98. The van der Waals surface area contributed by atoms with Crippen molar-refractivity contribution in [3.63, 3.8) is 0 Å². The molecule has 0 amide bonds. The SMILES string of the molecule is CCOC(=O)C(C(=O)OCC)C1=C(C2=CCCCC2)C(P2(=O)OCC(C)(C)CO2)c2ccccc21. The van der Waals surface area contributed by atoms with Gasteiger partial charge in [0.15, 0.2) is 5.92 Å². The monoisotopic (exact) mass is 502 g/mol. The van der Waals surface area contributed by atoms with Crippen LogP contribution in [0.5, 0.6) is 0 Å². The van der Waals surface area contributed by atoms with Crippen molar-refractivity contribution >= 4 is 25.1 Å². The van der Waals surface area contributed by atoms with Crippen molar-refractivity contribution in [1.82, 2.24) is 0 Å². The first-order valence-electron chi connectivity index (χ1n) is 12.5. The molecular formula is C27H35O7P. The topological polar surface area (TPSA) is 88.1 Å². The molecule has 35 heavy (non-hydrogen) atoms. The van der Waals surface area contributed by atoms with Crippen molar-refractivity contribution in [2.75, 3.05) is 26.4 Å². The third-order valence-electron chi connectivity index (χ3n) is 6.67. The van der Waals surface area contributed by atoms with E-state index in [2.05, 4.69) is 6.08 Å². The Kier molecular flexibility index (Phi) is 7.70. The lowest BCUT2D eigenvalue weighted by Gasteiger charge is -2.38. The molecular weight excluding hydrogens is 467 g/mol. The zero-order chi connectivity index (χ0) is 25.2. The van der Waals surface area contributed by atoms with E-state index in [9.17, 15) is 14.2 Å². The largest absolute Gasteiger partial charge is 0.465 e. The molecule has 7 nitrogen and oxygen atoms in total. The number of hydrogen-bond donors (Lipinski definition) is 0. The van der Waals surface area contributed by atoms with Crippen LogP contribution in [0, 0.1) is 11.3 Å². The van der Waals surface area contributed by atoms with E-state index in [-0.39, 0.29) is 18.6 Å².